The molecule has 27 heavy (non-hydrogen) atoms. The maximum Gasteiger partial charge on any atom is 0.254 e. The van der Waals surface area contributed by atoms with Crippen LogP contribution in [0.2, 0.25) is 0 Å². The van der Waals surface area contributed by atoms with E-state index in [-0.39, 0.29) is 12.5 Å². The number of carbonyl (C=O) groups excluding carboxylic acids is 1. The fourth-order valence-corrected chi connectivity index (χ4v) is 2.51. The molecule has 0 unspecified atom stereocenters. The van der Waals surface area contributed by atoms with Gasteiger partial charge in [-0.05, 0) is 19.1 Å². The SMILES string of the molecule is Cc1ccnc(-n2cc(CNC(=O)c3coc(-c4ccccc4)c3)nn2)n1. The van der Waals surface area contributed by atoms with E-state index in [4.69, 9.17) is 4.42 Å². The largest absolute Gasteiger partial charge is 0.464 e. The average molecular weight is 360 g/mol. The summed E-state index contributed by atoms with van der Waals surface area (Å²) in [5.74, 6) is 0.827. The number of benzene rings is 1. The van der Waals surface area contributed by atoms with Crippen LogP contribution in [0, 0.1) is 6.92 Å². The number of carbonyl (C=O) groups is 1. The molecule has 0 bridgehead atoms. The summed E-state index contributed by atoms with van der Waals surface area (Å²) < 4.78 is 6.96. The Bertz CT molecular complexity index is 1070. The van der Waals surface area contributed by atoms with Crippen LogP contribution >= 0.6 is 0 Å². The Balaban J connectivity index is 1.41. The molecular formula is C19H16N6O2. The molecule has 8 nitrogen and oxygen atoms in total. The van der Waals surface area contributed by atoms with Crippen LogP contribution in [0.5, 0.6) is 0 Å². The lowest BCUT2D eigenvalue weighted by molar-refractivity contribution is 0.0950. The van der Waals surface area contributed by atoms with Gasteiger partial charge in [0.25, 0.3) is 11.9 Å². The highest BCUT2D eigenvalue weighted by Gasteiger charge is 2.12. The number of hydrogen-bond acceptors (Lipinski definition) is 6. The Hall–Kier alpha value is -3.81. The van der Waals surface area contributed by atoms with Gasteiger partial charge in [-0.1, -0.05) is 35.5 Å². The molecule has 0 aliphatic rings. The van der Waals surface area contributed by atoms with Gasteiger partial charge in [0.1, 0.15) is 17.7 Å². The molecule has 0 saturated carbocycles. The average Bonchev–Trinajstić information content (AvgIpc) is 3.37. The number of amides is 1. The van der Waals surface area contributed by atoms with Gasteiger partial charge in [0.2, 0.25) is 0 Å². The molecule has 0 radical (unpaired) electrons. The van der Waals surface area contributed by atoms with E-state index in [0.717, 1.165) is 11.3 Å². The smallest absolute Gasteiger partial charge is 0.254 e. The van der Waals surface area contributed by atoms with E-state index in [0.29, 0.717) is 23.0 Å². The van der Waals surface area contributed by atoms with Crippen LogP contribution in [0.25, 0.3) is 17.3 Å². The first-order chi connectivity index (χ1) is 13.2. The van der Waals surface area contributed by atoms with Crippen LogP contribution in [-0.2, 0) is 6.54 Å². The summed E-state index contributed by atoms with van der Waals surface area (Å²) in [6, 6.07) is 13.1. The lowest BCUT2D eigenvalue weighted by atomic mass is 10.1. The van der Waals surface area contributed by atoms with Crippen molar-refractivity contribution in [3.05, 3.63) is 78.1 Å². The number of furan rings is 1. The molecule has 0 fully saturated rings. The van der Waals surface area contributed by atoms with Gasteiger partial charge in [-0.25, -0.2) is 9.97 Å². The maximum absolute atomic E-state index is 12.3. The first-order valence-electron chi connectivity index (χ1n) is 8.32. The van der Waals surface area contributed by atoms with Crippen molar-refractivity contribution in [2.45, 2.75) is 13.5 Å². The molecule has 3 heterocycles. The highest BCUT2D eigenvalue weighted by atomic mass is 16.3. The molecule has 0 saturated heterocycles. The van der Waals surface area contributed by atoms with Crippen molar-refractivity contribution in [2.75, 3.05) is 0 Å². The van der Waals surface area contributed by atoms with Gasteiger partial charge in [0.15, 0.2) is 0 Å². The Morgan fingerprint density at radius 1 is 1.22 bits per heavy atom. The maximum atomic E-state index is 12.3. The van der Waals surface area contributed by atoms with Crippen LogP contribution in [-0.4, -0.2) is 30.9 Å². The molecular weight excluding hydrogens is 344 g/mol. The van der Waals surface area contributed by atoms with E-state index in [1.54, 1.807) is 24.5 Å². The number of rotatable bonds is 5. The minimum atomic E-state index is -0.248. The van der Waals surface area contributed by atoms with E-state index >= 15 is 0 Å². The lowest BCUT2D eigenvalue weighted by Crippen LogP contribution is -2.22. The second kappa shape index (κ2) is 7.20. The van der Waals surface area contributed by atoms with Gasteiger partial charge in [-0.3, -0.25) is 4.79 Å². The molecule has 4 rings (SSSR count). The summed E-state index contributed by atoms with van der Waals surface area (Å²) in [5, 5.41) is 10.8. The molecule has 1 aromatic carbocycles. The molecule has 3 aromatic heterocycles. The monoisotopic (exact) mass is 360 g/mol. The van der Waals surface area contributed by atoms with Crippen molar-refractivity contribution < 1.29 is 9.21 Å². The van der Waals surface area contributed by atoms with Crippen molar-refractivity contribution in [1.29, 1.82) is 0 Å². The molecule has 0 atom stereocenters. The van der Waals surface area contributed by atoms with Gasteiger partial charge in [0, 0.05) is 17.5 Å². The van der Waals surface area contributed by atoms with Crippen LogP contribution < -0.4 is 5.32 Å². The van der Waals surface area contributed by atoms with Crippen molar-refractivity contribution in [1.82, 2.24) is 30.3 Å². The molecule has 0 aliphatic carbocycles. The normalized spacial score (nSPS) is 10.7. The van der Waals surface area contributed by atoms with Crippen LogP contribution in [0.1, 0.15) is 21.7 Å². The van der Waals surface area contributed by atoms with Crippen LogP contribution in [0.15, 0.2) is 65.5 Å². The van der Waals surface area contributed by atoms with Crippen LogP contribution in [0.3, 0.4) is 0 Å². The fraction of sp³-hybridized carbons (Fsp3) is 0.105. The summed E-state index contributed by atoms with van der Waals surface area (Å²) in [4.78, 5) is 20.8. The highest BCUT2D eigenvalue weighted by Crippen LogP contribution is 2.21. The van der Waals surface area contributed by atoms with Crippen molar-refractivity contribution in [3.63, 3.8) is 0 Å². The van der Waals surface area contributed by atoms with Crippen molar-refractivity contribution >= 4 is 5.91 Å². The molecule has 8 heteroatoms. The zero-order valence-electron chi connectivity index (χ0n) is 14.5. The summed E-state index contributed by atoms with van der Waals surface area (Å²) in [6.45, 7) is 2.11. The zero-order valence-corrected chi connectivity index (χ0v) is 14.5. The number of nitrogens with one attached hydrogen (secondary N) is 1. The summed E-state index contributed by atoms with van der Waals surface area (Å²) in [5.41, 5.74) is 2.79. The lowest BCUT2D eigenvalue weighted by Gasteiger charge is -2.00. The summed E-state index contributed by atoms with van der Waals surface area (Å²) in [7, 11) is 0. The summed E-state index contributed by atoms with van der Waals surface area (Å²) >= 11 is 0. The third-order valence-corrected chi connectivity index (χ3v) is 3.88. The van der Waals surface area contributed by atoms with Gasteiger partial charge in [-0.2, -0.15) is 4.68 Å². The van der Waals surface area contributed by atoms with Gasteiger partial charge in [0.05, 0.1) is 18.3 Å². The summed E-state index contributed by atoms with van der Waals surface area (Å²) in [6.07, 6.45) is 4.78. The van der Waals surface area contributed by atoms with Crippen molar-refractivity contribution in [3.8, 4) is 17.3 Å². The zero-order chi connectivity index (χ0) is 18.6. The molecule has 0 aliphatic heterocycles. The molecule has 134 valence electrons. The topological polar surface area (TPSA) is 98.7 Å². The third-order valence-electron chi connectivity index (χ3n) is 3.88. The molecule has 0 spiro atoms. The third kappa shape index (κ3) is 3.74. The standard InChI is InChI=1S/C19H16N6O2/c1-13-7-8-20-19(22-13)25-11-16(23-24-25)10-21-18(26)15-9-17(27-12-15)14-5-3-2-4-6-14/h2-9,11-12H,10H2,1H3,(H,21,26). The molecule has 4 aromatic rings. The van der Waals surface area contributed by atoms with Crippen LogP contribution in [0.4, 0.5) is 0 Å². The van der Waals surface area contributed by atoms with Gasteiger partial charge >= 0.3 is 0 Å². The molecule has 1 N–H and O–H groups in total. The predicted octanol–water partition coefficient (Wildman–Crippen LogP) is 2.56. The van der Waals surface area contributed by atoms with E-state index in [9.17, 15) is 4.79 Å². The first kappa shape index (κ1) is 16.6. The fourth-order valence-electron chi connectivity index (χ4n) is 2.51. The number of hydrogen-bond donors (Lipinski definition) is 1. The number of aryl methyl sites for hydroxylation is 1. The second-order valence-corrected chi connectivity index (χ2v) is 5.90. The van der Waals surface area contributed by atoms with E-state index in [1.807, 2.05) is 37.3 Å². The molecule has 1 amide bonds. The second-order valence-electron chi connectivity index (χ2n) is 5.90. The quantitative estimate of drug-likeness (QED) is 0.587. The Labute approximate surface area is 154 Å². The Morgan fingerprint density at radius 2 is 2.07 bits per heavy atom. The Morgan fingerprint density at radius 3 is 2.89 bits per heavy atom. The van der Waals surface area contributed by atoms with Gasteiger partial charge < -0.3 is 9.73 Å². The predicted molar refractivity (Wildman–Crippen MR) is 97.0 cm³/mol. The minimum absolute atomic E-state index is 0.233. The van der Waals surface area contributed by atoms with E-state index in [1.165, 1.54) is 10.9 Å². The van der Waals surface area contributed by atoms with Crippen molar-refractivity contribution in [2.24, 2.45) is 0 Å². The van der Waals surface area contributed by atoms with E-state index in [2.05, 4.69) is 25.6 Å². The first-order valence-corrected chi connectivity index (χ1v) is 8.32. The highest BCUT2D eigenvalue weighted by molar-refractivity contribution is 5.94. The minimum Gasteiger partial charge on any atom is -0.464 e. The number of nitrogens with zero attached hydrogens (tertiary/aromatic N) is 5. The van der Waals surface area contributed by atoms with Gasteiger partial charge in [-0.15, -0.1) is 5.10 Å². The van der Waals surface area contributed by atoms with E-state index < -0.39 is 0 Å². The Kier molecular flexibility index (Phi) is 4.44. The number of aromatic nitrogens is 5.